The lowest BCUT2D eigenvalue weighted by Gasteiger charge is -2.39. The molecule has 18 aromatic rings. The van der Waals surface area contributed by atoms with E-state index in [1.54, 1.807) is 6.20 Å². The van der Waals surface area contributed by atoms with Crippen molar-refractivity contribution in [3.8, 4) is 78.3 Å². The topological polar surface area (TPSA) is 68.2 Å². The van der Waals surface area contributed by atoms with E-state index in [0.29, 0.717) is 0 Å². The van der Waals surface area contributed by atoms with Crippen molar-refractivity contribution in [1.29, 1.82) is 0 Å². The first-order chi connectivity index (χ1) is 46.6. The third kappa shape index (κ3) is 7.87. The van der Waals surface area contributed by atoms with Crippen LogP contribution in [0, 0.1) is 0 Å². The van der Waals surface area contributed by atoms with Crippen LogP contribution in [0.2, 0.25) is 0 Å². The fourth-order valence-corrected chi connectivity index (χ4v) is 15.6. The van der Waals surface area contributed by atoms with Crippen LogP contribution in [0.25, 0.3) is 182 Å². The SMILES string of the molecule is C1=CC2=Cc3cc(-c4ccccc4)ccc3N(c3ccc4oc5c(-c6cccc(-c7cccnc7)n6)ccc6c7c(-c8ccc(-c9ccccc9)cc8)ccc8oc9c(-c%10nc%11ccccc%11c%11c(-c%12cccc%13ccccc%12%13)cccc%10%11)ccc(c3c4c56)c9c87)C2C=C1. The van der Waals surface area contributed by atoms with Gasteiger partial charge in [-0.3, -0.25) is 4.98 Å². The molecule has 0 amide bonds. The van der Waals surface area contributed by atoms with Gasteiger partial charge < -0.3 is 13.7 Å². The number of benzene rings is 12. The molecule has 2 aliphatic rings. The highest BCUT2D eigenvalue weighted by Gasteiger charge is 2.34. The summed E-state index contributed by atoms with van der Waals surface area (Å²) in [5, 5.41) is 13.9. The van der Waals surface area contributed by atoms with Gasteiger partial charge in [-0.15, -0.1) is 0 Å². The molecule has 0 spiro atoms. The molecule has 0 saturated heterocycles. The van der Waals surface area contributed by atoms with Gasteiger partial charge in [-0.05, 0) is 156 Å². The maximum atomic E-state index is 7.73. The first-order valence-electron chi connectivity index (χ1n) is 32.1. The van der Waals surface area contributed by atoms with Crippen molar-refractivity contribution in [2.75, 3.05) is 4.90 Å². The minimum Gasteiger partial charge on any atom is -0.455 e. The number of rotatable bonds is 8. The Kier molecular flexibility index (Phi) is 11.4. The average molecular weight is 1200 g/mol. The van der Waals surface area contributed by atoms with Gasteiger partial charge in [0.05, 0.1) is 34.3 Å². The molecule has 94 heavy (non-hydrogen) atoms. The van der Waals surface area contributed by atoms with Crippen LogP contribution < -0.4 is 4.90 Å². The van der Waals surface area contributed by atoms with Crippen molar-refractivity contribution in [2.45, 2.75) is 6.04 Å². The van der Waals surface area contributed by atoms with Crippen molar-refractivity contribution in [3.05, 3.63) is 315 Å². The Morgan fingerprint density at radius 1 is 0.351 bits per heavy atom. The lowest BCUT2D eigenvalue weighted by molar-refractivity contribution is 0.669. The van der Waals surface area contributed by atoms with Gasteiger partial charge >= 0.3 is 0 Å². The number of pyridine rings is 3. The summed E-state index contributed by atoms with van der Waals surface area (Å²) < 4.78 is 15.3. The van der Waals surface area contributed by atoms with Crippen LogP contribution >= 0.6 is 0 Å². The highest BCUT2D eigenvalue weighted by atomic mass is 16.3. The fraction of sp³-hybridized carbons (Fsp3) is 0.0114. The molecular formula is C88H52N4O2. The predicted octanol–water partition coefficient (Wildman–Crippen LogP) is 23.6. The Bertz CT molecular complexity index is 6270. The van der Waals surface area contributed by atoms with Crippen molar-refractivity contribution >= 4 is 115 Å². The van der Waals surface area contributed by atoms with E-state index in [2.05, 4.69) is 301 Å². The summed E-state index contributed by atoms with van der Waals surface area (Å²) in [5.41, 5.74) is 22.8. The molecule has 0 saturated carbocycles. The number of nitrogens with zero attached hydrogens (tertiary/aromatic N) is 4. The molecule has 6 nitrogen and oxygen atoms in total. The molecule has 20 rings (SSSR count). The van der Waals surface area contributed by atoms with Gasteiger partial charge in [0.15, 0.2) is 0 Å². The molecule has 0 radical (unpaired) electrons. The maximum absolute atomic E-state index is 7.73. The predicted molar refractivity (Wildman–Crippen MR) is 390 cm³/mol. The van der Waals surface area contributed by atoms with Crippen molar-refractivity contribution in [3.63, 3.8) is 0 Å². The zero-order valence-electron chi connectivity index (χ0n) is 50.6. The number of hydrogen-bond acceptors (Lipinski definition) is 6. The van der Waals surface area contributed by atoms with E-state index in [1.807, 2.05) is 12.3 Å². The van der Waals surface area contributed by atoms with Crippen LogP contribution in [-0.4, -0.2) is 21.0 Å². The molecule has 6 heteroatoms. The Labute approximate surface area is 539 Å². The van der Waals surface area contributed by atoms with Crippen LogP contribution in [-0.2, 0) is 0 Å². The van der Waals surface area contributed by atoms with Gasteiger partial charge in [0.25, 0.3) is 0 Å². The minimum atomic E-state index is -0.132. The highest BCUT2D eigenvalue weighted by Crippen LogP contribution is 2.55. The van der Waals surface area contributed by atoms with Gasteiger partial charge in [0.2, 0.25) is 0 Å². The van der Waals surface area contributed by atoms with Crippen LogP contribution in [0.1, 0.15) is 5.56 Å². The lowest BCUT2D eigenvalue weighted by Crippen LogP contribution is -2.34. The molecule has 1 atom stereocenters. The molecule has 1 unspecified atom stereocenters. The van der Waals surface area contributed by atoms with E-state index in [9.17, 15) is 0 Å². The molecule has 436 valence electrons. The zero-order valence-corrected chi connectivity index (χ0v) is 50.6. The van der Waals surface area contributed by atoms with Crippen molar-refractivity contribution in [1.82, 2.24) is 15.0 Å². The Balaban J connectivity index is 0.945. The first kappa shape index (κ1) is 52.3. The number of allylic oxidation sites excluding steroid dienone is 2. The summed E-state index contributed by atoms with van der Waals surface area (Å²) in [7, 11) is 0. The van der Waals surface area contributed by atoms with Crippen molar-refractivity contribution in [2.24, 2.45) is 0 Å². The average Bonchev–Trinajstić information content (AvgIpc) is 1.46. The van der Waals surface area contributed by atoms with Crippen LogP contribution in [0.5, 0.6) is 0 Å². The van der Waals surface area contributed by atoms with Gasteiger partial charge in [-0.1, -0.05) is 218 Å². The van der Waals surface area contributed by atoms with E-state index in [-0.39, 0.29) is 6.04 Å². The van der Waals surface area contributed by atoms with Gasteiger partial charge in [0, 0.05) is 83.2 Å². The fourth-order valence-electron chi connectivity index (χ4n) is 15.6. The summed E-state index contributed by atoms with van der Waals surface area (Å²) in [6.07, 6.45) is 15.0. The summed E-state index contributed by atoms with van der Waals surface area (Å²) in [6.45, 7) is 0. The Morgan fingerprint density at radius 2 is 0.968 bits per heavy atom. The van der Waals surface area contributed by atoms with Gasteiger partial charge in [-0.25, -0.2) is 9.97 Å². The Morgan fingerprint density at radius 3 is 1.80 bits per heavy atom. The quantitative estimate of drug-likeness (QED) is 0.141. The summed E-state index contributed by atoms with van der Waals surface area (Å²) in [6, 6.07) is 96.2. The van der Waals surface area contributed by atoms with E-state index >= 15 is 0 Å². The number of anilines is 2. The second-order valence-corrected chi connectivity index (χ2v) is 24.8. The zero-order chi connectivity index (χ0) is 61.5. The smallest absolute Gasteiger partial charge is 0.145 e. The number of furan rings is 2. The summed E-state index contributed by atoms with van der Waals surface area (Å²) in [5.74, 6) is 0. The Hall–Kier alpha value is -12.5. The largest absolute Gasteiger partial charge is 0.455 e. The molecule has 6 heterocycles. The molecule has 0 fully saturated rings. The number of fused-ring (bicyclic) bond motifs is 8. The van der Waals surface area contributed by atoms with Crippen LogP contribution in [0.3, 0.4) is 0 Å². The summed E-state index contributed by atoms with van der Waals surface area (Å²) in [4.78, 5) is 18.2. The van der Waals surface area contributed by atoms with E-state index < -0.39 is 0 Å². The van der Waals surface area contributed by atoms with E-state index in [0.717, 1.165) is 166 Å². The normalized spacial score (nSPS) is 13.8. The van der Waals surface area contributed by atoms with E-state index in [4.69, 9.17) is 18.8 Å². The maximum Gasteiger partial charge on any atom is 0.145 e. The van der Waals surface area contributed by atoms with Crippen LogP contribution in [0.4, 0.5) is 11.4 Å². The second kappa shape index (κ2) is 20.5. The monoisotopic (exact) mass is 1200 g/mol. The lowest BCUT2D eigenvalue weighted by atomic mass is 9.86. The minimum absolute atomic E-state index is 0.132. The number of aromatic nitrogens is 3. The molecule has 1 aliphatic carbocycles. The molecule has 0 bridgehead atoms. The molecule has 0 N–H and O–H groups in total. The third-order valence-electron chi connectivity index (χ3n) is 19.7. The molecule has 13 aromatic carbocycles. The molecule has 5 aromatic heterocycles. The van der Waals surface area contributed by atoms with Gasteiger partial charge in [-0.2, -0.15) is 0 Å². The third-order valence-corrected chi connectivity index (χ3v) is 19.7. The molecule has 1 aliphatic heterocycles. The van der Waals surface area contributed by atoms with Gasteiger partial charge in [0.1, 0.15) is 22.3 Å². The van der Waals surface area contributed by atoms with E-state index in [1.165, 1.54) is 33.0 Å². The standard InChI is InChI=1S/C88H52N4O2/c1-3-17-52(18-4-1)54-34-36-56(37-35-54)62-43-46-77-84-80(62)67-40-39-66(73-32-15-31-71(90-73)59-24-16-48-89-51-59)87-82(67)85-78(93-87)47-45-76(92-74-33-12-8-22-58(74)50-60-49-57(38-44-75(60)92)53-19-5-2-6-20-53)81(85)68-41-42-70(88(94-77)83(68)84)86-69-29-14-28-64(79(69)65-26-10-11-30-72(65)91-86)63-27-13-23-55-21-7-9-25-61(55)63/h1-51,74H. The van der Waals surface area contributed by atoms with Crippen molar-refractivity contribution < 1.29 is 8.83 Å². The molecular weight excluding hydrogens is 1140 g/mol. The number of para-hydroxylation sites is 1. The summed E-state index contributed by atoms with van der Waals surface area (Å²) >= 11 is 0. The van der Waals surface area contributed by atoms with Crippen LogP contribution in [0.15, 0.2) is 318 Å². The number of hydrogen-bond donors (Lipinski definition) is 0. The highest BCUT2D eigenvalue weighted by molar-refractivity contribution is 6.41. The first-order valence-corrected chi connectivity index (χ1v) is 32.1. The second-order valence-electron chi connectivity index (χ2n) is 24.8.